The second-order valence-corrected chi connectivity index (χ2v) is 4.36. The molecule has 4 heteroatoms. The van der Waals surface area contributed by atoms with Gasteiger partial charge < -0.3 is 9.84 Å². The molecule has 0 spiro atoms. The van der Waals surface area contributed by atoms with Gasteiger partial charge in [0.25, 0.3) is 0 Å². The zero-order valence-corrected chi connectivity index (χ0v) is 10.4. The summed E-state index contributed by atoms with van der Waals surface area (Å²) in [7, 11) is 0. The number of rotatable bonds is 3. The van der Waals surface area contributed by atoms with Crippen LogP contribution < -0.4 is 4.74 Å². The van der Waals surface area contributed by atoms with E-state index in [4.69, 9.17) is 9.84 Å². The quantitative estimate of drug-likeness (QED) is 0.931. The molecule has 0 saturated heterocycles. The largest absolute Gasteiger partial charge is 0.454 e. The second kappa shape index (κ2) is 5.29. The van der Waals surface area contributed by atoms with Gasteiger partial charge in [0.15, 0.2) is 11.6 Å². The lowest BCUT2D eigenvalue weighted by Gasteiger charge is -2.10. The van der Waals surface area contributed by atoms with E-state index in [0.29, 0.717) is 11.3 Å². The molecule has 0 fully saturated rings. The van der Waals surface area contributed by atoms with Gasteiger partial charge in [0.2, 0.25) is 0 Å². The normalized spacial score (nSPS) is 10.3. The van der Waals surface area contributed by atoms with Crippen molar-refractivity contribution in [1.82, 2.24) is 0 Å². The smallest absolute Gasteiger partial charge is 0.165 e. The minimum absolute atomic E-state index is 0.139. The Kier molecular flexibility index (Phi) is 3.76. The van der Waals surface area contributed by atoms with Gasteiger partial charge in [-0.3, -0.25) is 0 Å². The van der Waals surface area contributed by atoms with Crippen LogP contribution in [-0.4, -0.2) is 5.11 Å². The molecular formula is C13H10BrFO2. The molecule has 0 amide bonds. The number of para-hydroxylation sites is 1. The van der Waals surface area contributed by atoms with Gasteiger partial charge >= 0.3 is 0 Å². The Morgan fingerprint density at radius 1 is 1.12 bits per heavy atom. The summed E-state index contributed by atoms with van der Waals surface area (Å²) >= 11 is 3.30. The van der Waals surface area contributed by atoms with Crippen LogP contribution in [0.3, 0.4) is 0 Å². The van der Waals surface area contributed by atoms with Gasteiger partial charge in [0.1, 0.15) is 5.75 Å². The molecule has 0 aliphatic carbocycles. The maximum atomic E-state index is 13.4. The third kappa shape index (κ3) is 2.84. The maximum absolute atomic E-state index is 13.4. The molecule has 17 heavy (non-hydrogen) atoms. The number of hydrogen-bond donors (Lipinski definition) is 1. The van der Waals surface area contributed by atoms with Gasteiger partial charge in [-0.15, -0.1) is 0 Å². The van der Waals surface area contributed by atoms with E-state index in [1.165, 1.54) is 12.1 Å². The molecule has 0 bridgehead atoms. The number of aliphatic hydroxyl groups is 1. The molecule has 0 unspecified atom stereocenters. The second-order valence-electron chi connectivity index (χ2n) is 3.44. The van der Waals surface area contributed by atoms with Crippen molar-refractivity contribution >= 4 is 15.9 Å². The fourth-order valence-corrected chi connectivity index (χ4v) is 1.74. The van der Waals surface area contributed by atoms with Gasteiger partial charge in [0.05, 0.1) is 6.61 Å². The summed E-state index contributed by atoms with van der Waals surface area (Å²) in [6.45, 7) is -0.156. The number of ether oxygens (including phenoxy) is 1. The molecule has 0 radical (unpaired) electrons. The summed E-state index contributed by atoms with van der Waals surface area (Å²) in [6, 6.07) is 11.4. The fourth-order valence-electron chi connectivity index (χ4n) is 1.40. The van der Waals surface area contributed by atoms with Crippen molar-refractivity contribution in [2.24, 2.45) is 0 Å². The third-order valence-electron chi connectivity index (χ3n) is 2.26. The van der Waals surface area contributed by atoms with Crippen LogP contribution in [-0.2, 0) is 6.61 Å². The molecule has 0 heterocycles. The number of aliphatic hydroxyl groups excluding tert-OH is 1. The van der Waals surface area contributed by atoms with E-state index in [2.05, 4.69) is 15.9 Å². The minimum Gasteiger partial charge on any atom is -0.454 e. The molecular weight excluding hydrogens is 287 g/mol. The van der Waals surface area contributed by atoms with Crippen LogP contribution in [0.4, 0.5) is 4.39 Å². The minimum atomic E-state index is -0.434. The van der Waals surface area contributed by atoms with Crippen molar-refractivity contribution in [3.63, 3.8) is 0 Å². The standard InChI is InChI=1S/C13H10BrFO2/c14-10-6-5-9(8-16)13(7-10)17-12-4-2-1-3-11(12)15/h1-7,16H,8H2. The van der Waals surface area contributed by atoms with Gasteiger partial charge in [-0.2, -0.15) is 0 Å². The number of hydrogen-bond acceptors (Lipinski definition) is 2. The topological polar surface area (TPSA) is 29.5 Å². The van der Waals surface area contributed by atoms with Crippen LogP contribution >= 0.6 is 15.9 Å². The van der Waals surface area contributed by atoms with Gasteiger partial charge in [-0.1, -0.05) is 34.1 Å². The summed E-state index contributed by atoms with van der Waals surface area (Å²) in [6.07, 6.45) is 0. The van der Waals surface area contributed by atoms with E-state index in [0.717, 1.165) is 4.47 Å². The molecule has 0 aliphatic heterocycles. The average Bonchev–Trinajstić information content (AvgIpc) is 2.32. The van der Waals surface area contributed by atoms with Gasteiger partial charge in [-0.05, 0) is 24.3 Å². The molecule has 0 aromatic heterocycles. The summed E-state index contributed by atoms with van der Waals surface area (Å²) < 4.78 is 19.7. The Morgan fingerprint density at radius 2 is 1.88 bits per heavy atom. The van der Waals surface area contributed by atoms with Gasteiger partial charge in [-0.25, -0.2) is 4.39 Å². The molecule has 0 saturated carbocycles. The summed E-state index contributed by atoms with van der Waals surface area (Å²) in [5.41, 5.74) is 0.608. The van der Waals surface area contributed by atoms with E-state index in [-0.39, 0.29) is 12.4 Å². The highest BCUT2D eigenvalue weighted by molar-refractivity contribution is 9.10. The fraction of sp³-hybridized carbons (Fsp3) is 0.0769. The maximum Gasteiger partial charge on any atom is 0.165 e. The Balaban J connectivity index is 2.35. The van der Waals surface area contributed by atoms with Crippen LogP contribution in [0.15, 0.2) is 46.9 Å². The van der Waals surface area contributed by atoms with Crippen molar-refractivity contribution < 1.29 is 14.2 Å². The van der Waals surface area contributed by atoms with Crippen molar-refractivity contribution in [3.8, 4) is 11.5 Å². The van der Waals surface area contributed by atoms with E-state index < -0.39 is 5.82 Å². The summed E-state index contributed by atoms with van der Waals surface area (Å²) in [5, 5.41) is 9.17. The molecule has 1 N–H and O–H groups in total. The Labute approximate surface area is 107 Å². The molecule has 2 aromatic rings. The van der Waals surface area contributed by atoms with Gasteiger partial charge in [0, 0.05) is 10.0 Å². The lowest BCUT2D eigenvalue weighted by Crippen LogP contribution is -1.93. The summed E-state index contributed by atoms with van der Waals surface area (Å²) in [5.74, 6) is 0.142. The molecule has 2 aromatic carbocycles. The van der Waals surface area contributed by atoms with Crippen LogP contribution in [0.2, 0.25) is 0 Å². The average molecular weight is 297 g/mol. The van der Waals surface area contributed by atoms with E-state index >= 15 is 0 Å². The SMILES string of the molecule is OCc1ccc(Br)cc1Oc1ccccc1F. The Hall–Kier alpha value is -1.39. The van der Waals surface area contributed by atoms with Crippen molar-refractivity contribution in [3.05, 3.63) is 58.3 Å². The zero-order valence-electron chi connectivity index (χ0n) is 8.86. The highest BCUT2D eigenvalue weighted by Gasteiger charge is 2.08. The highest BCUT2D eigenvalue weighted by atomic mass is 79.9. The lowest BCUT2D eigenvalue weighted by atomic mass is 10.2. The molecule has 88 valence electrons. The van der Waals surface area contributed by atoms with Crippen LogP contribution in [0.25, 0.3) is 0 Å². The lowest BCUT2D eigenvalue weighted by molar-refractivity contribution is 0.276. The highest BCUT2D eigenvalue weighted by Crippen LogP contribution is 2.29. The number of halogens is 2. The van der Waals surface area contributed by atoms with E-state index in [1.807, 2.05) is 0 Å². The van der Waals surface area contributed by atoms with Crippen molar-refractivity contribution in [2.45, 2.75) is 6.61 Å². The zero-order chi connectivity index (χ0) is 12.3. The molecule has 2 rings (SSSR count). The molecule has 0 aliphatic rings. The van der Waals surface area contributed by atoms with Crippen molar-refractivity contribution in [1.29, 1.82) is 0 Å². The van der Waals surface area contributed by atoms with Crippen molar-refractivity contribution in [2.75, 3.05) is 0 Å². The monoisotopic (exact) mass is 296 g/mol. The van der Waals surface area contributed by atoms with Crippen LogP contribution in [0, 0.1) is 5.82 Å². The van der Waals surface area contributed by atoms with E-state index in [9.17, 15) is 4.39 Å². The van der Waals surface area contributed by atoms with Crippen LogP contribution in [0.1, 0.15) is 5.56 Å². The first-order valence-electron chi connectivity index (χ1n) is 5.02. The first kappa shape index (κ1) is 12.1. The first-order chi connectivity index (χ1) is 8.20. The Morgan fingerprint density at radius 3 is 2.59 bits per heavy atom. The Bertz CT molecular complexity index is 529. The summed E-state index contributed by atoms with van der Waals surface area (Å²) in [4.78, 5) is 0. The molecule has 2 nitrogen and oxygen atoms in total. The predicted molar refractivity (Wildman–Crippen MR) is 66.5 cm³/mol. The van der Waals surface area contributed by atoms with Crippen LogP contribution in [0.5, 0.6) is 11.5 Å². The first-order valence-corrected chi connectivity index (χ1v) is 5.81. The third-order valence-corrected chi connectivity index (χ3v) is 2.75. The predicted octanol–water partition coefficient (Wildman–Crippen LogP) is 3.87. The molecule has 0 atom stereocenters. The van der Waals surface area contributed by atoms with E-state index in [1.54, 1.807) is 30.3 Å². The number of benzene rings is 2.